The first kappa shape index (κ1) is 9.40. The van der Waals surface area contributed by atoms with Gasteiger partial charge in [-0.15, -0.1) is 0 Å². The zero-order valence-electron chi connectivity index (χ0n) is 7.51. The van der Waals surface area contributed by atoms with E-state index in [-0.39, 0.29) is 0 Å². The molecule has 0 bridgehead atoms. The second-order valence-electron chi connectivity index (χ2n) is 3.64. The fourth-order valence-corrected chi connectivity index (χ4v) is 2.19. The van der Waals surface area contributed by atoms with Crippen molar-refractivity contribution in [3.8, 4) is 0 Å². The van der Waals surface area contributed by atoms with Gasteiger partial charge in [-0.2, -0.15) is 12.6 Å². The Balaban J connectivity index is 2.24. The molecule has 0 amide bonds. The van der Waals surface area contributed by atoms with Crippen molar-refractivity contribution in [2.24, 2.45) is 5.92 Å². The SMILES string of the molecule is CNC1CCC(C(C)S)CC1. The maximum atomic E-state index is 4.48. The van der Waals surface area contributed by atoms with E-state index in [0.29, 0.717) is 5.25 Å². The van der Waals surface area contributed by atoms with Crippen LogP contribution in [-0.4, -0.2) is 18.3 Å². The van der Waals surface area contributed by atoms with E-state index in [1.807, 2.05) is 0 Å². The first-order valence-corrected chi connectivity index (χ1v) is 5.11. The van der Waals surface area contributed by atoms with Crippen molar-refractivity contribution in [2.75, 3.05) is 7.05 Å². The summed E-state index contributed by atoms with van der Waals surface area (Å²) in [4.78, 5) is 0. The van der Waals surface area contributed by atoms with E-state index in [4.69, 9.17) is 0 Å². The fraction of sp³-hybridized carbons (Fsp3) is 1.00. The summed E-state index contributed by atoms with van der Waals surface area (Å²) in [6, 6.07) is 0.776. The summed E-state index contributed by atoms with van der Waals surface area (Å²) in [6.45, 7) is 2.22. The largest absolute Gasteiger partial charge is 0.317 e. The standard InChI is InChI=1S/C9H19NS/c1-7(11)8-3-5-9(10-2)6-4-8/h7-11H,3-6H2,1-2H3. The predicted octanol–water partition coefficient (Wildman–Crippen LogP) is 2.08. The molecule has 1 saturated carbocycles. The van der Waals surface area contributed by atoms with Crippen LogP contribution in [0.3, 0.4) is 0 Å². The summed E-state index contributed by atoms with van der Waals surface area (Å²) in [5.41, 5.74) is 0. The van der Waals surface area contributed by atoms with Crippen LogP contribution >= 0.6 is 12.6 Å². The average Bonchev–Trinajstić information content (AvgIpc) is 2.05. The molecule has 0 heterocycles. The molecule has 66 valence electrons. The minimum atomic E-state index is 0.591. The van der Waals surface area contributed by atoms with Crippen molar-refractivity contribution < 1.29 is 0 Å². The molecular weight excluding hydrogens is 154 g/mol. The van der Waals surface area contributed by atoms with Crippen molar-refractivity contribution in [1.82, 2.24) is 5.32 Å². The van der Waals surface area contributed by atoms with Gasteiger partial charge in [0.15, 0.2) is 0 Å². The summed E-state index contributed by atoms with van der Waals surface area (Å²) >= 11 is 4.48. The maximum Gasteiger partial charge on any atom is 0.00642 e. The molecular formula is C9H19NS. The summed E-state index contributed by atoms with van der Waals surface area (Å²) in [5, 5.41) is 3.93. The van der Waals surface area contributed by atoms with E-state index in [1.54, 1.807) is 0 Å². The van der Waals surface area contributed by atoms with Crippen molar-refractivity contribution >= 4 is 12.6 Å². The van der Waals surface area contributed by atoms with Gasteiger partial charge in [-0.05, 0) is 38.6 Å². The smallest absolute Gasteiger partial charge is 0.00642 e. The van der Waals surface area contributed by atoms with Gasteiger partial charge in [-0.3, -0.25) is 0 Å². The quantitative estimate of drug-likeness (QED) is 0.609. The van der Waals surface area contributed by atoms with Gasteiger partial charge in [0, 0.05) is 11.3 Å². The molecule has 11 heavy (non-hydrogen) atoms. The molecule has 1 atom stereocenters. The molecule has 0 aromatic carbocycles. The number of thiol groups is 1. The number of nitrogens with one attached hydrogen (secondary N) is 1. The third kappa shape index (κ3) is 2.68. The highest BCUT2D eigenvalue weighted by Gasteiger charge is 2.22. The van der Waals surface area contributed by atoms with E-state index >= 15 is 0 Å². The number of hydrogen-bond donors (Lipinski definition) is 2. The molecule has 1 nitrogen and oxygen atoms in total. The van der Waals surface area contributed by atoms with Crippen LogP contribution in [-0.2, 0) is 0 Å². The molecule has 0 aromatic heterocycles. The van der Waals surface area contributed by atoms with Crippen molar-refractivity contribution in [3.05, 3.63) is 0 Å². The Morgan fingerprint density at radius 1 is 1.27 bits per heavy atom. The van der Waals surface area contributed by atoms with Crippen LogP contribution in [0.15, 0.2) is 0 Å². The second kappa shape index (κ2) is 4.36. The molecule has 1 aliphatic carbocycles. The number of hydrogen-bond acceptors (Lipinski definition) is 2. The highest BCUT2D eigenvalue weighted by Crippen LogP contribution is 2.28. The summed E-state index contributed by atoms with van der Waals surface area (Å²) in [6.07, 6.45) is 5.39. The van der Waals surface area contributed by atoms with Crippen molar-refractivity contribution in [3.63, 3.8) is 0 Å². The fourth-order valence-electron chi connectivity index (χ4n) is 1.89. The third-order valence-electron chi connectivity index (χ3n) is 2.86. The molecule has 0 radical (unpaired) electrons. The van der Waals surface area contributed by atoms with Gasteiger partial charge in [-0.1, -0.05) is 6.92 Å². The van der Waals surface area contributed by atoms with Crippen LogP contribution in [0.4, 0.5) is 0 Å². The molecule has 0 aromatic rings. The lowest BCUT2D eigenvalue weighted by molar-refractivity contribution is 0.301. The molecule has 0 aliphatic heterocycles. The van der Waals surface area contributed by atoms with Gasteiger partial charge in [0.1, 0.15) is 0 Å². The Hall–Kier alpha value is 0.310. The van der Waals surface area contributed by atoms with Crippen LogP contribution in [0, 0.1) is 5.92 Å². The summed E-state index contributed by atoms with van der Waals surface area (Å²) in [5.74, 6) is 0.864. The van der Waals surface area contributed by atoms with Crippen LogP contribution in [0.2, 0.25) is 0 Å². The van der Waals surface area contributed by atoms with Crippen molar-refractivity contribution in [2.45, 2.75) is 43.9 Å². The first-order chi connectivity index (χ1) is 5.24. The third-order valence-corrected chi connectivity index (χ3v) is 3.28. The topological polar surface area (TPSA) is 12.0 Å². The lowest BCUT2D eigenvalue weighted by Crippen LogP contribution is -2.32. The second-order valence-corrected chi connectivity index (χ2v) is 4.46. The highest BCUT2D eigenvalue weighted by atomic mass is 32.1. The summed E-state index contributed by atoms with van der Waals surface area (Å²) in [7, 11) is 2.06. The Morgan fingerprint density at radius 3 is 2.18 bits per heavy atom. The normalized spacial score (nSPS) is 35.2. The molecule has 1 fully saturated rings. The van der Waals surface area contributed by atoms with Gasteiger partial charge < -0.3 is 5.32 Å². The Bertz CT molecular complexity index is 106. The van der Waals surface area contributed by atoms with E-state index in [2.05, 4.69) is 31.9 Å². The molecule has 1 aliphatic rings. The van der Waals surface area contributed by atoms with Crippen LogP contribution in [0.25, 0.3) is 0 Å². The van der Waals surface area contributed by atoms with E-state index < -0.39 is 0 Å². The van der Waals surface area contributed by atoms with Crippen LogP contribution < -0.4 is 5.32 Å². The van der Waals surface area contributed by atoms with Gasteiger partial charge in [0.05, 0.1) is 0 Å². The molecule has 1 unspecified atom stereocenters. The lowest BCUT2D eigenvalue weighted by Gasteiger charge is -2.30. The van der Waals surface area contributed by atoms with Crippen molar-refractivity contribution in [1.29, 1.82) is 0 Å². The monoisotopic (exact) mass is 173 g/mol. The zero-order valence-corrected chi connectivity index (χ0v) is 8.40. The van der Waals surface area contributed by atoms with Gasteiger partial charge in [0.25, 0.3) is 0 Å². The first-order valence-electron chi connectivity index (χ1n) is 4.59. The number of rotatable bonds is 2. The maximum absolute atomic E-state index is 4.48. The van der Waals surface area contributed by atoms with Gasteiger partial charge >= 0.3 is 0 Å². The molecule has 1 rings (SSSR count). The van der Waals surface area contributed by atoms with E-state index in [9.17, 15) is 0 Å². The van der Waals surface area contributed by atoms with E-state index in [0.717, 1.165) is 12.0 Å². The molecule has 1 N–H and O–H groups in total. The van der Waals surface area contributed by atoms with Crippen LogP contribution in [0.5, 0.6) is 0 Å². The average molecular weight is 173 g/mol. The Labute approximate surface area is 75.4 Å². The highest BCUT2D eigenvalue weighted by molar-refractivity contribution is 7.80. The molecule has 0 spiro atoms. The zero-order chi connectivity index (χ0) is 8.27. The van der Waals surface area contributed by atoms with E-state index in [1.165, 1.54) is 25.7 Å². The van der Waals surface area contributed by atoms with Crippen LogP contribution in [0.1, 0.15) is 32.6 Å². The Morgan fingerprint density at radius 2 is 1.82 bits per heavy atom. The predicted molar refractivity (Wildman–Crippen MR) is 53.3 cm³/mol. The Kier molecular flexibility index (Phi) is 3.73. The molecule has 0 saturated heterocycles. The van der Waals surface area contributed by atoms with Gasteiger partial charge in [-0.25, -0.2) is 0 Å². The summed E-state index contributed by atoms with van der Waals surface area (Å²) < 4.78 is 0. The lowest BCUT2D eigenvalue weighted by atomic mass is 9.84. The molecule has 2 heteroatoms. The minimum Gasteiger partial charge on any atom is -0.317 e. The van der Waals surface area contributed by atoms with Gasteiger partial charge in [0.2, 0.25) is 0 Å². The minimum absolute atomic E-state index is 0.591.